The minimum atomic E-state index is -0.884. The molecule has 0 radical (unpaired) electrons. The van der Waals surface area contributed by atoms with Crippen LogP contribution in [0.1, 0.15) is 42.0 Å². The summed E-state index contributed by atoms with van der Waals surface area (Å²) in [5.74, 6) is -1.29. The molecule has 1 aliphatic carbocycles. The third-order valence-electron chi connectivity index (χ3n) is 4.19. The molecule has 1 aliphatic rings. The summed E-state index contributed by atoms with van der Waals surface area (Å²) in [7, 11) is 0. The third-order valence-corrected chi connectivity index (χ3v) is 4.19. The molecule has 2 aromatic rings. The van der Waals surface area contributed by atoms with E-state index >= 15 is 0 Å². The Hall–Kier alpha value is -2.10. The highest BCUT2D eigenvalue weighted by molar-refractivity contribution is 5.56. The fourth-order valence-electron chi connectivity index (χ4n) is 3.28. The molecule has 0 heterocycles. The molecule has 2 nitrogen and oxygen atoms in total. The summed E-state index contributed by atoms with van der Waals surface area (Å²) >= 11 is 0. The molecule has 0 aromatic heterocycles. The summed E-state index contributed by atoms with van der Waals surface area (Å²) in [4.78, 5) is 0. The predicted octanol–water partition coefficient (Wildman–Crippen LogP) is 4.64. The lowest BCUT2D eigenvalue weighted by Gasteiger charge is -2.17. The third kappa shape index (κ3) is 2.24. The maximum Gasteiger partial charge on any atom is 0.181 e. The first kappa shape index (κ1) is 13.9. The van der Waals surface area contributed by atoms with Crippen molar-refractivity contribution in [2.45, 2.75) is 32.2 Å². The van der Waals surface area contributed by atoms with Crippen LogP contribution in [0, 0.1) is 18.6 Å². The monoisotopic (exact) mass is 289 g/mol. The molecule has 0 bridgehead atoms. The van der Waals surface area contributed by atoms with Gasteiger partial charge >= 0.3 is 0 Å². The van der Waals surface area contributed by atoms with Gasteiger partial charge in [-0.25, -0.2) is 8.78 Å². The Morgan fingerprint density at radius 1 is 1.14 bits per heavy atom. The molecule has 2 unspecified atom stereocenters. The molecule has 0 saturated heterocycles. The van der Waals surface area contributed by atoms with Crippen molar-refractivity contribution >= 4 is 5.69 Å². The van der Waals surface area contributed by atoms with Crippen LogP contribution >= 0.6 is 0 Å². The average molecular weight is 289 g/mol. The van der Waals surface area contributed by atoms with E-state index in [2.05, 4.69) is 12.2 Å². The maximum atomic E-state index is 13.8. The zero-order chi connectivity index (χ0) is 15.1. The summed E-state index contributed by atoms with van der Waals surface area (Å²) in [6.45, 7) is 4.08. The van der Waals surface area contributed by atoms with E-state index in [1.807, 2.05) is 13.0 Å². The summed E-state index contributed by atoms with van der Waals surface area (Å²) < 4.78 is 27.1. The largest absolute Gasteiger partial charge is 0.508 e. The van der Waals surface area contributed by atoms with Gasteiger partial charge in [0.1, 0.15) is 5.75 Å². The molecule has 2 N–H and O–H groups in total. The highest BCUT2D eigenvalue weighted by Gasteiger charge is 2.32. The normalized spacial score (nSPS) is 20.4. The molecule has 2 atom stereocenters. The molecule has 21 heavy (non-hydrogen) atoms. The number of rotatable bonds is 2. The number of hydrogen-bond donors (Lipinski definition) is 2. The molecule has 2 aromatic carbocycles. The van der Waals surface area contributed by atoms with Crippen LogP contribution in [0.4, 0.5) is 14.5 Å². The van der Waals surface area contributed by atoms with Crippen LogP contribution in [0.25, 0.3) is 0 Å². The molecule has 0 fully saturated rings. The number of halogens is 2. The Bertz CT molecular complexity index is 699. The Balaban J connectivity index is 2.00. The highest BCUT2D eigenvalue weighted by atomic mass is 19.2. The second-order valence-corrected chi connectivity index (χ2v) is 5.66. The Kier molecular flexibility index (Phi) is 3.32. The van der Waals surface area contributed by atoms with Gasteiger partial charge in [0.05, 0.1) is 11.7 Å². The molecule has 0 amide bonds. The minimum absolute atomic E-state index is 0.126. The number of anilines is 1. The SMILES string of the molecule is Cc1ccc(O)c2c1C(C)CC2Nc1cccc(F)c1F. The lowest BCUT2D eigenvalue weighted by Crippen LogP contribution is -2.09. The van der Waals surface area contributed by atoms with Gasteiger partial charge < -0.3 is 10.4 Å². The van der Waals surface area contributed by atoms with Gasteiger partial charge in [-0.05, 0) is 48.6 Å². The van der Waals surface area contributed by atoms with Gasteiger partial charge in [0.25, 0.3) is 0 Å². The average Bonchev–Trinajstić information content (AvgIpc) is 2.77. The number of aromatic hydroxyl groups is 1. The molecule has 0 saturated carbocycles. The van der Waals surface area contributed by atoms with Gasteiger partial charge in [-0.2, -0.15) is 0 Å². The van der Waals surface area contributed by atoms with Gasteiger partial charge in [0.15, 0.2) is 11.6 Å². The van der Waals surface area contributed by atoms with Crippen molar-refractivity contribution in [2.24, 2.45) is 0 Å². The van der Waals surface area contributed by atoms with Crippen LogP contribution in [0.3, 0.4) is 0 Å². The molecule has 0 aliphatic heterocycles. The number of fused-ring (bicyclic) bond motifs is 1. The van der Waals surface area contributed by atoms with Crippen molar-refractivity contribution in [1.82, 2.24) is 0 Å². The molecular weight excluding hydrogens is 272 g/mol. The standard InChI is InChI=1S/C17H17F2NO/c1-9-6-7-14(21)16-13(8-10(2)15(9)16)20-12-5-3-4-11(18)17(12)19/h3-7,10,13,20-21H,8H2,1-2H3. The molecule has 4 heteroatoms. The van der Waals surface area contributed by atoms with Crippen molar-refractivity contribution in [2.75, 3.05) is 5.32 Å². The molecule has 0 spiro atoms. The fraction of sp³-hybridized carbons (Fsp3) is 0.294. The molecular formula is C17H17F2NO. The van der Waals surface area contributed by atoms with E-state index < -0.39 is 11.6 Å². The van der Waals surface area contributed by atoms with E-state index in [0.29, 0.717) is 0 Å². The smallest absolute Gasteiger partial charge is 0.181 e. The van der Waals surface area contributed by atoms with E-state index in [1.54, 1.807) is 6.07 Å². The van der Waals surface area contributed by atoms with Crippen LogP contribution in [0.2, 0.25) is 0 Å². The summed E-state index contributed by atoms with van der Waals surface area (Å²) in [6, 6.07) is 7.39. The number of phenols is 1. The Morgan fingerprint density at radius 2 is 1.90 bits per heavy atom. The van der Waals surface area contributed by atoms with E-state index in [1.165, 1.54) is 12.1 Å². The summed E-state index contributed by atoms with van der Waals surface area (Å²) in [5.41, 5.74) is 3.13. The van der Waals surface area contributed by atoms with Crippen molar-refractivity contribution in [3.63, 3.8) is 0 Å². The van der Waals surface area contributed by atoms with Gasteiger partial charge in [0.2, 0.25) is 0 Å². The van der Waals surface area contributed by atoms with E-state index in [4.69, 9.17) is 0 Å². The van der Waals surface area contributed by atoms with Gasteiger partial charge in [-0.1, -0.05) is 19.1 Å². The van der Waals surface area contributed by atoms with Crippen LogP contribution in [-0.2, 0) is 0 Å². The number of aryl methyl sites for hydroxylation is 1. The fourth-order valence-corrected chi connectivity index (χ4v) is 3.28. The number of nitrogens with one attached hydrogen (secondary N) is 1. The number of benzene rings is 2. The predicted molar refractivity (Wildman–Crippen MR) is 78.6 cm³/mol. The lowest BCUT2D eigenvalue weighted by molar-refractivity contribution is 0.464. The minimum Gasteiger partial charge on any atom is -0.508 e. The number of hydrogen-bond acceptors (Lipinski definition) is 2. The highest BCUT2D eigenvalue weighted by Crippen LogP contribution is 2.47. The van der Waals surface area contributed by atoms with Crippen LogP contribution in [0.5, 0.6) is 5.75 Å². The maximum absolute atomic E-state index is 13.8. The van der Waals surface area contributed by atoms with Gasteiger partial charge in [-0.3, -0.25) is 0 Å². The van der Waals surface area contributed by atoms with Crippen molar-refractivity contribution in [3.05, 3.63) is 58.7 Å². The second kappa shape index (κ2) is 5.02. The van der Waals surface area contributed by atoms with E-state index in [9.17, 15) is 13.9 Å². The Labute approximate surface area is 122 Å². The van der Waals surface area contributed by atoms with E-state index in [-0.39, 0.29) is 23.4 Å². The van der Waals surface area contributed by atoms with Crippen LogP contribution in [-0.4, -0.2) is 5.11 Å². The molecule has 110 valence electrons. The lowest BCUT2D eigenvalue weighted by atomic mass is 9.97. The first-order valence-corrected chi connectivity index (χ1v) is 7.02. The van der Waals surface area contributed by atoms with Crippen LogP contribution in [0.15, 0.2) is 30.3 Å². The van der Waals surface area contributed by atoms with Crippen molar-refractivity contribution in [1.29, 1.82) is 0 Å². The second-order valence-electron chi connectivity index (χ2n) is 5.66. The van der Waals surface area contributed by atoms with Crippen molar-refractivity contribution < 1.29 is 13.9 Å². The van der Waals surface area contributed by atoms with Crippen molar-refractivity contribution in [3.8, 4) is 5.75 Å². The van der Waals surface area contributed by atoms with Gasteiger partial charge in [0, 0.05) is 5.56 Å². The first-order valence-electron chi connectivity index (χ1n) is 7.02. The van der Waals surface area contributed by atoms with E-state index in [0.717, 1.165) is 29.2 Å². The zero-order valence-electron chi connectivity index (χ0n) is 12.0. The van der Waals surface area contributed by atoms with Crippen LogP contribution < -0.4 is 5.32 Å². The Morgan fingerprint density at radius 3 is 2.67 bits per heavy atom. The summed E-state index contributed by atoms with van der Waals surface area (Å²) in [5, 5.41) is 13.2. The topological polar surface area (TPSA) is 32.3 Å². The quantitative estimate of drug-likeness (QED) is 0.844. The zero-order valence-corrected chi connectivity index (χ0v) is 12.0. The first-order chi connectivity index (χ1) is 9.99. The van der Waals surface area contributed by atoms with Gasteiger partial charge in [-0.15, -0.1) is 0 Å². The summed E-state index contributed by atoms with van der Waals surface area (Å²) in [6.07, 6.45) is 0.740. The molecule has 3 rings (SSSR count). The number of phenolic OH excluding ortho intramolecular Hbond substituents is 1.